The molecule has 0 radical (unpaired) electrons. The van der Waals surface area contributed by atoms with Gasteiger partial charge in [0.15, 0.2) is 0 Å². The van der Waals surface area contributed by atoms with Crippen molar-refractivity contribution in [2.75, 3.05) is 26.5 Å². The summed E-state index contributed by atoms with van der Waals surface area (Å²) in [7, 11) is 0.660. The number of ether oxygens (including phenoxy) is 1. The fourth-order valence-corrected chi connectivity index (χ4v) is 3.82. The van der Waals surface area contributed by atoms with Crippen LogP contribution in [0.5, 0.6) is 5.75 Å². The van der Waals surface area contributed by atoms with E-state index in [-0.39, 0.29) is 16.6 Å². The lowest BCUT2D eigenvalue weighted by atomic mass is 10.1. The number of methoxy groups -OCH3 is 1. The van der Waals surface area contributed by atoms with Gasteiger partial charge in [-0.3, -0.25) is 4.79 Å². The van der Waals surface area contributed by atoms with Crippen LogP contribution in [-0.4, -0.2) is 39.8 Å². The molecule has 2 aromatic carbocycles. The van der Waals surface area contributed by atoms with Crippen molar-refractivity contribution in [1.29, 1.82) is 0 Å². The Kier molecular flexibility index (Phi) is 6.99. The third kappa shape index (κ3) is 4.79. The number of rotatable bonds is 7. The highest BCUT2D eigenvalue weighted by molar-refractivity contribution is 7.89. The molecular weight excluding hydrogens is 376 g/mol. The number of anilines is 1. The Morgan fingerprint density at radius 3 is 2.54 bits per heavy atom. The second kappa shape index (κ2) is 9.03. The SMILES string of the molecule is CCc1cccc(C)c1NC(=O)/C=C/c1ccc(OC)c(S(=O)(=O)N(C)C)c1. The summed E-state index contributed by atoms with van der Waals surface area (Å²) in [5.74, 6) is -0.0281. The van der Waals surface area contributed by atoms with Gasteiger partial charge in [0.1, 0.15) is 10.6 Å². The minimum atomic E-state index is -3.67. The van der Waals surface area contributed by atoms with Crippen molar-refractivity contribution in [2.24, 2.45) is 0 Å². The number of nitrogens with one attached hydrogen (secondary N) is 1. The van der Waals surface area contributed by atoms with Gasteiger partial charge in [-0.2, -0.15) is 0 Å². The molecule has 0 bridgehead atoms. The molecule has 1 amide bonds. The highest BCUT2D eigenvalue weighted by Gasteiger charge is 2.22. The molecule has 28 heavy (non-hydrogen) atoms. The predicted molar refractivity (Wildman–Crippen MR) is 112 cm³/mol. The Hall–Kier alpha value is -2.64. The van der Waals surface area contributed by atoms with Crippen LogP contribution < -0.4 is 10.1 Å². The van der Waals surface area contributed by atoms with E-state index in [0.717, 1.165) is 27.5 Å². The van der Waals surface area contributed by atoms with E-state index in [4.69, 9.17) is 4.74 Å². The summed E-state index contributed by atoms with van der Waals surface area (Å²) in [5.41, 5.74) is 3.44. The van der Waals surface area contributed by atoms with Crippen molar-refractivity contribution >= 4 is 27.7 Å². The molecule has 2 rings (SSSR count). The number of carbonyl (C=O) groups is 1. The lowest BCUT2D eigenvalue weighted by Crippen LogP contribution is -2.22. The molecule has 0 spiro atoms. The Bertz CT molecular complexity index is 995. The third-order valence-corrected chi connectivity index (χ3v) is 6.20. The van der Waals surface area contributed by atoms with Gasteiger partial charge in [0, 0.05) is 25.9 Å². The molecule has 0 atom stereocenters. The van der Waals surface area contributed by atoms with Crippen molar-refractivity contribution in [2.45, 2.75) is 25.2 Å². The molecule has 0 saturated carbocycles. The van der Waals surface area contributed by atoms with Crippen LogP contribution in [0.4, 0.5) is 5.69 Å². The zero-order valence-corrected chi connectivity index (χ0v) is 17.6. The van der Waals surface area contributed by atoms with Crippen molar-refractivity contribution in [3.05, 3.63) is 59.2 Å². The molecule has 0 unspecified atom stereocenters. The van der Waals surface area contributed by atoms with Crippen molar-refractivity contribution in [1.82, 2.24) is 4.31 Å². The summed E-state index contributed by atoms with van der Waals surface area (Å²) >= 11 is 0. The van der Waals surface area contributed by atoms with E-state index >= 15 is 0 Å². The first-order chi connectivity index (χ1) is 13.2. The number of benzene rings is 2. The molecule has 0 fully saturated rings. The van der Waals surface area contributed by atoms with Crippen LogP contribution in [0.25, 0.3) is 6.08 Å². The fraction of sp³-hybridized carbons (Fsp3) is 0.286. The number of carbonyl (C=O) groups excluding carboxylic acids is 1. The van der Waals surface area contributed by atoms with Crippen LogP contribution in [0.1, 0.15) is 23.6 Å². The zero-order chi connectivity index (χ0) is 20.9. The summed E-state index contributed by atoms with van der Waals surface area (Å²) in [5, 5.41) is 2.91. The molecule has 0 aliphatic heterocycles. The average Bonchev–Trinajstić information content (AvgIpc) is 2.67. The van der Waals surface area contributed by atoms with E-state index in [1.807, 2.05) is 32.0 Å². The fourth-order valence-electron chi connectivity index (χ4n) is 2.73. The van der Waals surface area contributed by atoms with Gasteiger partial charge in [0.2, 0.25) is 15.9 Å². The Labute approximate surface area is 166 Å². The number of para-hydroxylation sites is 1. The van der Waals surface area contributed by atoms with Crippen LogP contribution in [0, 0.1) is 6.92 Å². The topological polar surface area (TPSA) is 75.7 Å². The molecule has 0 saturated heterocycles. The third-order valence-electron chi connectivity index (χ3n) is 4.36. The van der Waals surface area contributed by atoms with Gasteiger partial charge < -0.3 is 10.1 Å². The largest absolute Gasteiger partial charge is 0.495 e. The zero-order valence-electron chi connectivity index (χ0n) is 16.8. The standard InChI is InChI=1S/C21H26N2O4S/c1-6-17-9-7-8-15(2)21(17)22-20(24)13-11-16-10-12-18(27-5)19(14-16)28(25,26)23(3)4/h7-14H,6H2,1-5H3,(H,22,24)/b13-11+. The number of hydrogen-bond acceptors (Lipinski definition) is 4. The maximum atomic E-state index is 12.5. The monoisotopic (exact) mass is 402 g/mol. The van der Waals surface area contributed by atoms with E-state index in [0.29, 0.717) is 5.56 Å². The van der Waals surface area contributed by atoms with Gasteiger partial charge in [-0.1, -0.05) is 31.2 Å². The van der Waals surface area contributed by atoms with Gasteiger partial charge in [0.05, 0.1) is 7.11 Å². The van der Waals surface area contributed by atoms with E-state index in [9.17, 15) is 13.2 Å². The molecular formula is C21H26N2O4S. The van der Waals surface area contributed by atoms with E-state index in [1.54, 1.807) is 18.2 Å². The number of amides is 1. The Balaban J connectivity index is 2.29. The molecule has 150 valence electrons. The van der Waals surface area contributed by atoms with Crippen LogP contribution >= 0.6 is 0 Å². The summed E-state index contributed by atoms with van der Waals surface area (Å²) in [4.78, 5) is 12.4. The maximum Gasteiger partial charge on any atom is 0.248 e. The maximum absolute atomic E-state index is 12.5. The molecule has 0 heterocycles. The van der Waals surface area contributed by atoms with Crippen molar-refractivity contribution in [3.63, 3.8) is 0 Å². The van der Waals surface area contributed by atoms with Gasteiger partial charge in [-0.15, -0.1) is 0 Å². The van der Waals surface area contributed by atoms with E-state index in [2.05, 4.69) is 5.32 Å². The van der Waals surface area contributed by atoms with Crippen LogP contribution in [0.2, 0.25) is 0 Å². The lowest BCUT2D eigenvalue weighted by molar-refractivity contribution is -0.111. The molecule has 0 aromatic heterocycles. The van der Waals surface area contributed by atoms with Crippen molar-refractivity contribution < 1.29 is 17.9 Å². The lowest BCUT2D eigenvalue weighted by Gasteiger charge is -2.15. The van der Waals surface area contributed by atoms with Gasteiger partial charge in [-0.25, -0.2) is 12.7 Å². The molecule has 7 heteroatoms. The van der Waals surface area contributed by atoms with E-state index in [1.165, 1.54) is 33.3 Å². The van der Waals surface area contributed by atoms with E-state index < -0.39 is 10.0 Å². The first-order valence-corrected chi connectivity index (χ1v) is 10.3. The summed E-state index contributed by atoms with van der Waals surface area (Å²) < 4.78 is 31.3. The normalized spacial score (nSPS) is 11.8. The predicted octanol–water partition coefficient (Wildman–Crippen LogP) is 3.47. The Morgan fingerprint density at radius 2 is 1.93 bits per heavy atom. The van der Waals surface area contributed by atoms with Gasteiger partial charge in [-0.05, 0) is 48.2 Å². The minimum Gasteiger partial charge on any atom is -0.495 e. The second-order valence-electron chi connectivity index (χ2n) is 6.48. The summed E-state index contributed by atoms with van der Waals surface area (Å²) in [6.45, 7) is 3.98. The number of sulfonamides is 1. The smallest absolute Gasteiger partial charge is 0.248 e. The Morgan fingerprint density at radius 1 is 1.21 bits per heavy atom. The first-order valence-electron chi connectivity index (χ1n) is 8.88. The highest BCUT2D eigenvalue weighted by Crippen LogP contribution is 2.27. The number of hydrogen-bond donors (Lipinski definition) is 1. The first kappa shape index (κ1) is 21.7. The molecule has 2 aromatic rings. The molecule has 1 N–H and O–H groups in total. The molecule has 0 aliphatic carbocycles. The quantitative estimate of drug-likeness (QED) is 0.720. The summed E-state index contributed by atoms with van der Waals surface area (Å²) in [6, 6.07) is 10.6. The molecule has 6 nitrogen and oxygen atoms in total. The average molecular weight is 403 g/mol. The van der Waals surface area contributed by atoms with Crippen molar-refractivity contribution in [3.8, 4) is 5.75 Å². The van der Waals surface area contributed by atoms with Crippen LogP contribution in [0.15, 0.2) is 47.4 Å². The number of aryl methyl sites for hydroxylation is 2. The summed E-state index contributed by atoms with van der Waals surface area (Å²) in [6.07, 6.45) is 3.78. The second-order valence-corrected chi connectivity index (χ2v) is 8.60. The minimum absolute atomic E-state index is 0.0507. The van der Waals surface area contributed by atoms with Gasteiger partial charge >= 0.3 is 0 Å². The number of nitrogens with zero attached hydrogens (tertiary/aromatic N) is 1. The van der Waals surface area contributed by atoms with Crippen LogP contribution in [-0.2, 0) is 21.2 Å². The van der Waals surface area contributed by atoms with Crippen LogP contribution in [0.3, 0.4) is 0 Å². The highest BCUT2D eigenvalue weighted by atomic mass is 32.2. The molecule has 0 aliphatic rings. The van der Waals surface area contributed by atoms with Gasteiger partial charge in [0.25, 0.3) is 0 Å².